The molecule has 0 aliphatic heterocycles. The molecular weight excluding hydrogens is 446 g/mol. The van der Waals surface area contributed by atoms with Crippen LogP contribution in [0.4, 0.5) is 0 Å². The number of hydrogen-bond acceptors (Lipinski definition) is 6. The van der Waals surface area contributed by atoms with Crippen molar-refractivity contribution in [3.63, 3.8) is 0 Å². The van der Waals surface area contributed by atoms with Crippen molar-refractivity contribution in [2.24, 2.45) is 5.41 Å². The van der Waals surface area contributed by atoms with Crippen molar-refractivity contribution in [1.82, 2.24) is 14.7 Å². The van der Waals surface area contributed by atoms with Gasteiger partial charge in [0.25, 0.3) is 5.56 Å². The van der Waals surface area contributed by atoms with Crippen molar-refractivity contribution < 1.29 is 9.32 Å². The van der Waals surface area contributed by atoms with E-state index in [4.69, 9.17) is 21.1 Å². The standard InChI is InChI=1S/C24H20ClN3O3S/c1-13-11-31-27-21(13)28-19-9-24(2,3)10-20(29)16(19)8-17(23(28)30)22-26-18(12-32-22)14-4-6-15(25)7-5-14/h4-8,11-12H,9-10H2,1-3H3. The van der Waals surface area contributed by atoms with E-state index in [1.54, 1.807) is 18.2 Å². The largest absolute Gasteiger partial charge is 0.362 e. The maximum Gasteiger partial charge on any atom is 0.266 e. The fraction of sp³-hybridized carbons (Fsp3) is 0.250. The van der Waals surface area contributed by atoms with Gasteiger partial charge in [0, 0.05) is 39.2 Å². The van der Waals surface area contributed by atoms with E-state index in [2.05, 4.69) is 5.16 Å². The smallest absolute Gasteiger partial charge is 0.266 e. The minimum Gasteiger partial charge on any atom is -0.362 e. The van der Waals surface area contributed by atoms with Crippen molar-refractivity contribution in [1.29, 1.82) is 0 Å². The van der Waals surface area contributed by atoms with Crippen molar-refractivity contribution in [3.05, 3.63) is 74.2 Å². The summed E-state index contributed by atoms with van der Waals surface area (Å²) in [4.78, 5) is 31.5. The molecule has 6 nitrogen and oxygen atoms in total. The zero-order valence-corrected chi connectivity index (χ0v) is 19.4. The highest BCUT2D eigenvalue weighted by Gasteiger charge is 2.35. The number of nitrogens with zero attached hydrogens (tertiary/aromatic N) is 3. The van der Waals surface area contributed by atoms with Gasteiger partial charge in [0.2, 0.25) is 0 Å². The lowest BCUT2D eigenvalue weighted by Crippen LogP contribution is -2.35. The topological polar surface area (TPSA) is 78.0 Å². The summed E-state index contributed by atoms with van der Waals surface area (Å²) in [5.74, 6) is 0.426. The third-order valence-electron chi connectivity index (χ3n) is 5.70. The van der Waals surface area contributed by atoms with Crippen LogP contribution in [-0.4, -0.2) is 20.5 Å². The number of rotatable bonds is 3. The fourth-order valence-corrected chi connectivity index (χ4v) is 5.10. The Morgan fingerprint density at radius 3 is 2.56 bits per heavy atom. The van der Waals surface area contributed by atoms with Gasteiger partial charge in [-0.3, -0.25) is 14.2 Å². The average molecular weight is 466 g/mol. The van der Waals surface area contributed by atoms with E-state index in [-0.39, 0.29) is 16.8 Å². The number of benzene rings is 1. The van der Waals surface area contributed by atoms with Crippen LogP contribution in [0.25, 0.3) is 27.6 Å². The van der Waals surface area contributed by atoms with Gasteiger partial charge >= 0.3 is 0 Å². The third-order valence-corrected chi connectivity index (χ3v) is 6.82. The second-order valence-electron chi connectivity index (χ2n) is 8.87. The molecule has 0 radical (unpaired) electrons. The molecule has 162 valence electrons. The van der Waals surface area contributed by atoms with Gasteiger partial charge in [-0.1, -0.05) is 42.7 Å². The van der Waals surface area contributed by atoms with Crippen LogP contribution in [0.15, 0.2) is 51.3 Å². The molecule has 0 N–H and O–H groups in total. The molecule has 0 fully saturated rings. The quantitative estimate of drug-likeness (QED) is 0.386. The van der Waals surface area contributed by atoms with Gasteiger partial charge < -0.3 is 4.52 Å². The maximum absolute atomic E-state index is 13.7. The van der Waals surface area contributed by atoms with Crippen molar-refractivity contribution in [2.75, 3.05) is 0 Å². The number of fused-ring (bicyclic) bond motifs is 1. The van der Waals surface area contributed by atoms with Crippen molar-refractivity contribution in [3.8, 4) is 27.6 Å². The first-order valence-electron chi connectivity index (χ1n) is 10.2. The lowest BCUT2D eigenvalue weighted by molar-refractivity contribution is 0.0909. The summed E-state index contributed by atoms with van der Waals surface area (Å²) in [5, 5.41) is 7.16. The molecule has 32 heavy (non-hydrogen) atoms. The molecule has 5 rings (SSSR count). The van der Waals surface area contributed by atoms with E-state index in [1.165, 1.54) is 22.2 Å². The fourth-order valence-electron chi connectivity index (χ4n) is 4.14. The van der Waals surface area contributed by atoms with Crippen LogP contribution in [0.1, 0.15) is 41.9 Å². The Labute approximate surface area is 193 Å². The Kier molecular flexibility index (Phi) is 4.91. The third kappa shape index (κ3) is 3.51. The van der Waals surface area contributed by atoms with E-state index in [0.29, 0.717) is 45.5 Å². The van der Waals surface area contributed by atoms with Gasteiger partial charge in [-0.2, -0.15) is 0 Å². The summed E-state index contributed by atoms with van der Waals surface area (Å²) < 4.78 is 6.66. The molecule has 1 aliphatic carbocycles. The van der Waals surface area contributed by atoms with Gasteiger partial charge in [-0.05, 0) is 37.0 Å². The number of carbonyl (C=O) groups is 1. The van der Waals surface area contributed by atoms with E-state index in [0.717, 1.165) is 16.8 Å². The number of hydrogen-bond donors (Lipinski definition) is 0. The molecule has 8 heteroatoms. The van der Waals surface area contributed by atoms with Gasteiger partial charge in [-0.25, -0.2) is 4.98 Å². The Morgan fingerprint density at radius 1 is 1.12 bits per heavy atom. The molecular formula is C24H20ClN3O3S. The molecule has 0 atom stereocenters. The average Bonchev–Trinajstić information content (AvgIpc) is 3.37. The Bertz CT molecular complexity index is 1410. The number of aromatic nitrogens is 3. The molecule has 0 unspecified atom stereocenters. The SMILES string of the molecule is Cc1conc1-n1c2c(cc(-c3nc(-c4ccc(Cl)cc4)cs3)c1=O)C(=O)CC(C)(C)C2. The minimum atomic E-state index is -0.261. The van der Waals surface area contributed by atoms with E-state index >= 15 is 0 Å². The molecule has 4 aromatic rings. The van der Waals surface area contributed by atoms with Gasteiger partial charge in [0.05, 0.1) is 11.3 Å². The predicted molar refractivity (Wildman–Crippen MR) is 125 cm³/mol. The predicted octanol–water partition coefficient (Wildman–Crippen LogP) is 5.73. The molecule has 0 saturated heterocycles. The Hall–Kier alpha value is -3.03. The molecule has 0 bridgehead atoms. The summed E-state index contributed by atoms with van der Waals surface area (Å²) in [5.41, 5.74) is 3.46. The highest BCUT2D eigenvalue weighted by atomic mass is 35.5. The van der Waals surface area contributed by atoms with Crippen molar-refractivity contribution in [2.45, 2.75) is 33.6 Å². The summed E-state index contributed by atoms with van der Waals surface area (Å²) in [6, 6.07) is 9.07. The monoisotopic (exact) mass is 465 g/mol. The number of ketones is 1. The van der Waals surface area contributed by atoms with Crippen LogP contribution in [0.3, 0.4) is 0 Å². The summed E-state index contributed by atoms with van der Waals surface area (Å²) in [6.07, 6.45) is 2.51. The lowest BCUT2D eigenvalue weighted by atomic mass is 9.75. The van der Waals surface area contributed by atoms with Crippen LogP contribution in [0, 0.1) is 12.3 Å². The van der Waals surface area contributed by atoms with E-state index in [9.17, 15) is 9.59 Å². The summed E-state index contributed by atoms with van der Waals surface area (Å²) in [7, 11) is 0. The number of thiazole rings is 1. The van der Waals surface area contributed by atoms with Crippen LogP contribution >= 0.6 is 22.9 Å². The number of aryl methyl sites for hydroxylation is 1. The van der Waals surface area contributed by atoms with Crippen LogP contribution in [0.5, 0.6) is 0 Å². The maximum atomic E-state index is 13.7. The van der Waals surface area contributed by atoms with Crippen LogP contribution in [0.2, 0.25) is 5.02 Å². The number of pyridine rings is 1. The Morgan fingerprint density at radius 2 is 1.88 bits per heavy atom. The van der Waals surface area contributed by atoms with Crippen molar-refractivity contribution >= 4 is 28.7 Å². The highest BCUT2D eigenvalue weighted by molar-refractivity contribution is 7.13. The first-order chi connectivity index (χ1) is 15.2. The highest BCUT2D eigenvalue weighted by Crippen LogP contribution is 2.37. The van der Waals surface area contributed by atoms with Crippen LogP contribution in [-0.2, 0) is 6.42 Å². The molecule has 1 aromatic carbocycles. The zero-order chi connectivity index (χ0) is 22.6. The summed E-state index contributed by atoms with van der Waals surface area (Å²) >= 11 is 7.36. The second-order valence-corrected chi connectivity index (χ2v) is 10.2. The Balaban J connectivity index is 1.72. The first kappa shape index (κ1) is 20.8. The van der Waals surface area contributed by atoms with E-state index in [1.807, 2.05) is 38.3 Å². The normalized spacial score (nSPS) is 15.1. The van der Waals surface area contributed by atoms with E-state index < -0.39 is 0 Å². The zero-order valence-electron chi connectivity index (χ0n) is 17.8. The van der Waals surface area contributed by atoms with Crippen LogP contribution < -0.4 is 5.56 Å². The number of carbonyl (C=O) groups excluding carboxylic acids is 1. The van der Waals surface area contributed by atoms with Gasteiger partial charge in [0.1, 0.15) is 11.3 Å². The molecule has 1 aliphatic rings. The molecule has 3 heterocycles. The van der Waals surface area contributed by atoms with Gasteiger partial charge in [-0.15, -0.1) is 11.3 Å². The molecule has 0 amide bonds. The summed E-state index contributed by atoms with van der Waals surface area (Å²) in [6.45, 7) is 5.89. The van der Waals surface area contributed by atoms with Gasteiger partial charge in [0.15, 0.2) is 11.6 Å². The molecule has 0 saturated carbocycles. The first-order valence-corrected chi connectivity index (χ1v) is 11.4. The lowest BCUT2D eigenvalue weighted by Gasteiger charge is -2.31. The molecule has 3 aromatic heterocycles. The second kappa shape index (κ2) is 7.53. The number of Topliss-reactive ketones (excluding diaryl/α,β-unsaturated/α-hetero) is 1. The molecule has 0 spiro atoms. The number of halogens is 1. The minimum absolute atomic E-state index is 0.0156.